The molecular weight excluding hydrogens is 340 g/mol. The van der Waals surface area contributed by atoms with Gasteiger partial charge in [-0.2, -0.15) is 0 Å². The molecule has 1 aromatic rings. The monoisotopic (exact) mass is 358 g/mol. The first kappa shape index (κ1) is 16.4. The molecule has 1 saturated carbocycles. The van der Waals surface area contributed by atoms with Crippen LogP contribution in [-0.4, -0.2) is 44.2 Å². The second-order valence-corrected chi connectivity index (χ2v) is 7.78. The molecule has 3 aliphatic rings. The molecule has 2 aliphatic heterocycles. The van der Waals surface area contributed by atoms with Crippen LogP contribution in [0.25, 0.3) is 0 Å². The Bertz CT molecular complexity index is 795. The molecule has 1 aliphatic carbocycles. The highest BCUT2D eigenvalue weighted by molar-refractivity contribution is 8.04. The van der Waals surface area contributed by atoms with Gasteiger partial charge in [0.25, 0.3) is 0 Å². The van der Waals surface area contributed by atoms with Gasteiger partial charge in [-0.3, -0.25) is 14.7 Å². The van der Waals surface area contributed by atoms with Gasteiger partial charge in [0.05, 0.1) is 17.7 Å². The van der Waals surface area contributed by atoms with Crippen molar-refractivity contribution in [3.63, 3.8) is 0 Å². The number of carbonyl (C=O) groups excluding carboxylic acids is 1. The molecule has 2 heterocycles. The van der Waals surface area contributed by atoms with Gasteiger partial charge < -0.3 is 10.2 Å². The van der Waals surface area contributed by atoms with E-state index in [0.717, 1.165) is 16.3 Å². The number of carbonyl (C=O) groups is 2. The fraction of sp³-hybridized carbons (Fsp3) is 0.389. The third kappa shape index (κ3) is 2.58. The number of benzene rings is 1. The van der Waals surface area contributed by atoms with Crippen molar-refractivity contribution in [1.29, 1.82) is 0 Å². The van der Waals surface area contributed by atoms with Gasteiger partial charge >= 0.3 is 5.97 Å². The molecule has 2 fully saturated rings. The van der Waals surface area contributed by atoms with E-state index in [1.807, 2.05) is 30.3 Å². The number of allylic oxidation sites excluding steroid dienone is 1. The van der Waals surface area contributed by atoms with E-state index in [4.69, 9.17) is 0 Å². The molecule has 25 heavy (non-hydrogen) atoms. The number of hydrogen-bond donors (Lipinski definition) is 2. The van der Waals surface area contributed by atoms with Crippen molar-refractivity contribution in [3.05, 3.63) is 40.9 Å². The van der Waals surface area contributed by atoms with E-state index in [1.165, 1.54) is 16.7 Å². The minimum Gasteiger partial charge on any atom is -0.477 e. The number of nitrogens with zero attached hydrogens (tertiary/aromatic N) is 2. The van der Waals surface area contributed by atoms with Crippen molar-refractivity contribution in [2.45, 2.75) is 31.2 Å². The average Bonchev–Trinajstić information content (AvgIpc) is 2.86. The van der Waals surface area contributed by atoms with Gasteiger partial charge in [0, 0.05) is 16.5 Å². The highest BCUT2D eigenvalue weighted by atomic mass is 32.2. The Hall–Kier alpha value is -2.12. The zero-order valence-electron chi connectivity index (χ0n) is 13.6. The van der Waals surface area contributed by atoms with Crippen molar-refractivity contribution < 1.29 is 19.8 Å². The SMILES string of the molecule is C[C@@H](O)[C@H]1C(=O)N2C(C(=O)O)=C(C3CC(=Nc4ccccc4)C3)S[C@H]12. The van der Waals surface area contributed by atoms with Gasteiger partial charge in [-0.15, -0.1) is 11.8 Å². The Morgan fingerprint density at radius 3 is 2.60 bits per heavy atom. The lowest BCUT2D eigenvalue weighted by atomic mass is 9.81. The Balaban J connectivity index is 1.53. The summed E-state index contributed by atoms with van der Waals surface area (Å²) in [5, 5.41) is 19.0. The fourth-order valence-corrected chi connectivity index (χ4v) is 5.29. The van der Waals surface area contributed by atoms with E-state index >= 15 is 0 Å². The van der Waals surface area contributed by atoms with Crippen molar-refractivity contribution in [2.24, 2.45) is 16.8 Å². The largest absolute Gasteiger partial charge is 0.477 e. The van der Waals surface area contributed by atoms with Gasteiger partial charge in [0.15, 0.2) is 0 Å². The van der Waals surface area contributed by atoms with Crippen LogP contribution < -0.4 is 0 Å². The number of β-lactam (4-membered cyclic amide) rings is 1. The number of fused-ring (bicyclic) bond motifs is 1. The average molecular weight is 358 g/mol. The predicted octanol–water partition coefficient (Wildman–Crippen LogP) is 2.38. The maximum atomic E-state index is 12.2. The van der Waals surface area contributed by atoms with Crippen molar-refractivity contribution in [2.75, 3.05) is 0 Å². The quantitative estimate of drug-likeness (QED) is 0.807. The van der Waals surface area contributed by atoms with Gasteiger partial charge in [0.2, 0.25) is 5.91 Å². The van der Waals surface area contributed by atoms with Gasteiger partial charge in [0.1, 0.15) is 11.1 Å². The summed E-state index contributed by atoms with van der Waals surface area (Å²) in [6.45, 7) is 1.58. The maximum absolute atomic E-state index is 12.2. The molecule has 0 aromatic heterocycles. The van der Waals surface area contributed by atoms with Gasteiger partial charge in [-0.1, -0.05) is 18.2 Å². The minimum absolute atomic E-state index is 0.0895. The molecule has 130 valence electrons. The Labute approximate surface area is 149 Å². The summed E-state index contributed by atoms with van der Waals surface area (Å²) >= 11 is 1.42. The zero-order valence-corrected chi connectivity index (χ0v) is 14.4. The van der Waals surface area contributed by atoms with Crippen molar-refractivity contribution in [1.82, 2.24) is 4.90 Å². The molecule has 1 aromatic carbocycles. The molecule has 7 heteroatoms. The van der Waals surface area contributed by atoms with Crippen LogP contribution in [0.3, 0.4) is 0 Å². The number of hydrogen-bond acceptors (Lipinski definition) is 5. The molecule has 1 amide bonds. The number of aliphatic imine (C=N–C) groups is 1. The van der Waals surface area contributed by atoms with Crippen LogP contribution in [-0.2, 0) is 9.59 Å². The standard InChI is InChI=1S/C18H18N2O4S/c1-9(21)13-16(22)20-14(18(23)24)15(25-17(13)20)10-7-12(8-10)19-11-5-3-2-4-6-11/h2-6,9-10,13,17,21H,7-8H2,1H3,(H,23,24)/t9-,10?,13+,17-/m1/s1. The molecule has 4 rings (SSSR count). The molecule has 6 nitrogen and oxygen atoms in total. The Kier molecular flexibility index (Phi) is 3.92. The lowest BCUT2D eigenvalue weighted by Crippen LogP contribution is -2.60. The number of rotatable bonds is 4. The Morgan fingerprint density at radius 1 is 1.32 bits per heavy atom. The maximum Gasteiger partial charge on any atom is 0.353 e. The number of para-hydroxylation sites is 1. The van der Waals surface area contributed by atoms with Crippen LogP contribution in [0.15, 0.2) is 45.9 Å². The Morgan fingerprint density at radius 2 is 2.00 bits per heavy atom. The van der Waals surface area contributed by atoms with E-state index in [1.54, 1.807) is 6.92 Å². The van der Waals surface area contributed by atoms with E-state index in [9.17, 15) is 19.8 Å². The number of aliphatic carboxylic acids is 1. The number of aliphatic hydroxyl groups excluding tert-OH is 1. The summed E-state index contributed by atoms with van der Waals surface area (Å²) in [4.78, 5) is 30.6. The third-order valence-electron chi connectivity index (χ3n) is 4.91. The fourth-order valence-electron chi connectivity index (χ4n) is 3.57. The van der Waals surface area contributed by atoms with E-state index in [0.29, 0.717) is 12.8 Å². The normalized spacial score (nSPS) is 29.0. The van der Waals surface area contributed by atoms with Crippen LogP contribution in [0.4, 0.5) is 5.69 Å². The van der Waals surface area contributed by atoms with Crippen LogP contribution >= 0.6 is 11.8 Å². The number of amides is 1. The molecule has 0 unspecified atom stereocenters. The van der Waals surface area contributed by atoms with E-state index < -0.39 is 18.0 Å². The topological polar surface area (TPSA) is 90.2 Å². The van der Waals surface area contributed by atoms with E-state index in [-0.39, 0.29) is 22.9 Å². The number of carboxylic acid groups (broad SMARTS) is 1. The second kappa shape index (κ2) is 6.00. The first-order valence-corrected chi connectivity index (χ1v) is 9.12. The highest BCUT2D eigenvalue weighted by Gasteiger charge is 2.58. The lowest BCUT2D eigenvalue weighted by Gasteiger charge is -2.43. The molecule has 3 atom stereocenters. The first-order valence-electron chi connectivity index (χ1n) is 8.24. The van der Waals surface area contributed by atoms with Crippen molar-refractivity contribution >= 4 is 35.0 Å². The number of aliphatic hydroxyl groups is 1. The first-order chi connectivity index (χ1) is 12.0. The lowest BCUT2D eigenvalue weighted by molar-refractivity contribution is -0.156. The summed E-state index contributed by atoms with van der Waals surface area (Å²) < 4.78 is 0. The summed E-state index contributed by atoms with van der Waals surface area (Å²) in [5.41, 5.74) is 2.04. The minimum atomic E-state index is -1.07. The van der Waals surface area contributed by atoms with Crippen LogP contribution in [0, 0.1) is 11.8 Å². The summed E-state index contributed by atoms with van der Waals surface area (Å²) in [7, 11) is 0. The van der Waals surface area contributed by atoms with Crippen molar-refractivity contribution in [3.8, 4) is 0 Å². The van der Waals surface area contributed by atoms with Crippen LogP contribution in [0.5, 0.6) is 0 Å². The molecule has 1 saturated heterocycles. The van der Waals surface area contributed by atoms with E-state index in [2.05, 4.69) is 4.99 Å². The second-order valence-electron chi connectivity index (χ2n) is 6.62. The van der Waals surface area contributed by atoms with Gasteiger partial charge in [-0.25, -0.2) is 4.79 Å². The summed E-state index contributed by atoms with van der Waals surface area (Å²) in [6, 6.07) is 9.67. The molecule has 2 N–H and O–H groups in total. The van der Waals surface area contributed by atoms with Crippen LogP contribution in [0.2, 0.25) is 0 Å². The number of carboxylic acids is 1. The van der Waals surface area contributed by atoms with Gasteiger partial charge in [-0.05, 0) is 31.9 Å². The molecular formula is C18H18N2O4S. The summed E-state index contributed by atoms with van der Waals surface area (Å²) in [5.74, 6) is -1.80. The smallest absolute Gasteiger partial charge is 0.353 e. The third-order valence-corrected chi connectivity index (χ3v) is 6.43. The predicted molar refractivity (Wildman–Crippen MR) is 94.3 cm³/mol. The highest BCUT2D eigenvalue weighted by Crippen LogP contribution is 2.55. The van der Waals surface area contributed by atoms with Crippen LogP contribution in [0.1, 0.15) is 19.8 Å². The summed E-state index contributed by atoms with van der Waals surface area (Å²) in [6.07, 6.45) is 0.650. The zero-order chi connectivity index (χ0) is 17.7. The molecule has 0 bridgehead atoms. The molecule has 0 radical (unpaired) electrons. The number of thioether (sulfide) groups is 1. The molecule has 0 spiro atoms.